The molecule has 7 nitrogen and oxygen atoms in total. The first-order chi connectivity index (χ1) is 19.1. The Hall–Kier alpha value is -2.78. The van der Waals surface area contributed by atoms with Crippen LogP contribution < -0.4 is 9.62 Å². The van der Waals surface area contributed by atoms with E-state index in [0.717, 1.165) is 30.0 Å². The van der Waals surface area contributed by atoms with Gasteiger partial charge in [-0.25, -0.2) is 8.42 Å². The quantitative estimate of drug-likeness (QED) is 0.287. The molecule has 0 aromatic heterocycles. The predicted octanol–water partition coefficient (Wildman–Crippen LogP) is 6.32. The second-order valence-corrected chi connectivity index (χ2v) is 12.9. The highest BCUT2D eigenvalue weighted by Crippen LogP contribution is 2.27. The molecule has 0 spiro atoms. The van der Waals surface area contributed by atoms with Crippen molar-refractivity contribution in [2.24, 2.45) is 0 Å². The van der Waals surface area contributed by atoms with E-state index in [1.807, 2.05) is 0 Å². The molecule has 0 radical (unpaired) electrons. The number of carbonyl (C=O) groups excluding carboxylic acids is 2. The molecule has 11 heteroatoms. The van der Waals surface area contributed by atoms with Crippen molar-refractivity contribution < 1.29 is 18.0 Å². The number of rotatable bonds is 10. The topological polar surface area (TPSA) is 86.8 Å². The van der Waals surface area contributed by atoms with Gasteiger partial charge in [-0.1, -0.05) is 71.9 Å². The Morgan fingerprint density at radius 2 is 1.55 bits per heavy atom. The number of hydrogen-bond acceptors (Lipinski definition) is 4. The van der Waals surface area contributed by atoms with E-state index >= 15 is 0 Å². The third kappa shape index (κ3) is 7.29. The Kier molecular flexibility index (Phi) is 10.0. The second-order valence-electron chi connectivity index (χ2n) is 9.72. The van der Waals surface area contributed by atoms with Crippen molar-refractivity contribution in [3.8, 4) is 0 Å². The second kappa shape index (κ2) is 13.3. The van der Waals surface area contributed by atoms with Gasteiger partial charge < -0.3 is 10.2 Å². The molecule has 0 heterocycles. The van der Waals surface area contributed by atoms with Crippen molar-refractivity contribution in [3.63, 3.8) is 0 Å². The van der Waals surface area contributed by atoms with Crippen LogP contribution in [0.2, 0.25) is 15.1 Å². The van der Waals surface area contributed by atoms with Crippen LogP contribution in [0.15, 0.2) is 77.7 Å². The van der Waals surface area contributed by atoms with Gasteiger partial charge in [-0.3, -0.25) is 13.9 Å². The van der Waals surface area contributed by atoms with Crippen LogP contribution in [-0.2, 0) is 26.2 Å². The van der Waals surface area contributed by atoms with E-state index in [-0.39, 0.29) is 23.4 Å². The summed E-state index contributed by atoms with van der Waals surface area (Å²) in [6, 6.07) is 18.1. The lowest BCUT2D eigenvalue weighted by molar-refractivity contribution is -0.139. The van der Waals surface area contributed by atoms with Gasteiger partial charge in [0.15, 0.2) is 0 Å². The molecule has 0 bridgehead atoms. The average Bonchev–Trinajstić information content (AvgIpc) is 3.44. The van der Waals surface area contributed by atoms with Crippen LogP contribution in [0.1, 0.15) is 38.2 Å². The molecule has 1 aliphatic rings. The smallest absolute Gasteiger partial charge is 0.264 e. The number of nitrogens with one attached hydrogen (secondary N) is 1. The van der Waals surface area contributed by atoms with Crippen LogP contribution in [0, 0.1) is 0 Å². The minimum Gasteiger partial charge on any atom is -0.352 e. The highest BCUT2D eigenvalue weighted by atomic mass is 35.5. The minimum absolute atomic E-state index is 0.0162. The van der Waals surface area contributed by atoms with Crippen LogP contribution in [-0.4, -0.2) is 43.8 Å². The fourth-order valence-electron chi connectivity index (χ4n) is 4.66. The predicted molar refractivity (Wildman–Crippen MR) is 159 cm³/mol. The van der Waals surface area contributed by atoms with Gasteiger partial charge in [-0.05, 0) is 73.9 Å². The molecule has 4 rings (SSSR count). The maximum Gasteiger partial charge on any atom is 0.264 e. The molecule has 1 fully saturated rings. The number of anilines is 1. The van der Waals surface area contributed by atoms with Crippen molar-refractivity contribution in [2.45, 2.75) is 56.1 Å². The molecule has 3 aromatic rings. The third-order valence-electron chi connectivity index (χ3n) is 6.95. The molecule has 3 aromatic carbocycles. The first-order valence-corrected chi connectivity index (χ1v) is 15.5. The summed E-state index contributed by atoms with van der Waals surface area (Å²) >= 11 is 18.5. The highest BCUT2D eigenvalue weighted by molar-refractivity contribution is 7.92. The van der Waals surface area contributed by atoms with Gasteiger partial charge in [-0.2, -0.15) is 0 Å². The average molecular weight is 623 g/mol. The van der Waals surface area contributed by atoms with Crippen LogP contribution in [0.4, 0.5) is 5.69 Å². The number of halogens is 3. The molecule has 0 saturated heterocycles. The van der Waals surface area contributed by atoms with Gasteiger partial charge in [0.1, 0.15) is 12.6 Å². The highest BCUT2D eigenvalue weighted by Gasteiger charge is 2.33. The zero-order chi connectivity index (χ0) is 28.9. The Morgan fingerprint density at radius 1 is 0.925 bits per heavy atom. The Bertz CT molecular complexity index is 1450. The normalized spacial score (nSPS) is 14.5. The summed E-state index contributed by atoms with van der Waals surface area (Å²) in [7, 11) is -4.17. The van der Waals surface area contributed by atoms with Crippen molar-refractivity contribution >= 4 is 62.3 Å². The first kappa shape index (κ1) is 30.2. The van der Waals surface area contributed by atoms with Gasteiger partial charge >= 0.3 is 0 Å². The van der Waals surface area contributed by atoms with Crippen LogP contribution in [0.5, 0.6) is 0 Å². The van der Waals surface area contributed by atoms with Crippen molar-refractivity contribution in [1.82, 2.24) is 10.2 Å². The monoisotopic (exact) mass is 621 g/mol. The summed E-state index contributed by atoms with van der Waals surface area (Å²) in [5.74, 6) is -0.876. The molecule has 1 saturated carbocycles. The van der Waals surface area contributed by atoms with Gasteiger partial charge in [0, 0.05) is 27.7 Å². The molecule has 40 heavy (non-hydrogen) atoms. The molecule has 212 valence electrons. The first-order valence-electron chi connectivity index (χ1n) is 12.9. The van der Waals surface area contributed by atoms with E-state index in [2.05, 4.69) is 5.32 Å². The van der Waals surface area contributed by atoms with Gasteiger partial charge in [-0.15, -0.1) is 0 Å². The van der Waals surface area contributed by atoms with E-state index in [0.29, 0.717) is 26.3 Å². The molecule has 1 atom stereocenters. The Labute approximate surface area is 250 Å². The van der Waals surface area contributed by atoms with E-state index in [1.165, 1.54) is 29.2 Å². The van der Waals surface area contributed by atoms with Gasteiger partial charge in [0.2, 0.25) is 11.8 Å². The summed E-state index contributed by atoms with van der Waals surface area (Å²) in [5, 5.41) is 4.19. The maximum absolute atomic E-state index is 14.0. The molecular formula is C29H30Cl3N3O4S. The fraction of sp³-hybridized carbons (Fsp3) is 0.310. The van der Waals surface area contributed by atoms with E-state index < -0.39 is 28.5 Å². The SMILES string of the molecule is CC(C(=O)NC1CCCC1)N(Cc1ccc(Cl)cc1Cl)C(=O)CN(c1ccccc1)S(=O)(=O)c1ccc(Cl)cc1. The lowest BCUT2D eigenvalue weighted by Gasteiger charge is -2.32. The van der Waals surface area contributed by atoms with E-state index in [1.54, 1.807) is 55.5 Å². The van der Waals surface area contributed by atoms with Gasteiger partial charge in [0.05, 0.1) is 10.6 Å². The molecule has 1 aliphatic carbocycles. The summed E-state index contributed by atoms with van der Waals surface area (Å²) < 4.78 is 28.6. The zero-order valence-electron chi connectivity index (χ0n) is 21.9. The maximum atomic E-state index is 14.0. The van der Waals surface area contributed by atoms with Gasteiger partial charge in [0.25, 0.3) is 10.0 Å². The van der Waals surface area contributed by atoms with Crippen molar-refractivity contribution in [1.29, 1.82) is 0 Å². The summed E-state index contributed by atoms with van der Waals surface area (Å²) in [6.45, 7) is 1.07. The molecule has 1 N–H and O–H groups in total. The molecule has 0 aliphatic heterocycles. The van der Waals surface area contributed by atoms with Crippen LogP contribution in [0.25, 0.3) is 0 Å². The fourth-order valence-corrected chi connectivity index (χ4v) is 6.67. The third-order valence-corrected chi connectivity index (χ3v) is 9.58. The van der Waals surface area contributed by atoms with Crippen molar-refractivity contribution in [2.75, 3.05) is 10.8 Å². The number of benzene rings is 3. The molecule has 2 amide bonds. The minimum atomic E-state index is -4.17. The molecular weight excluding hydrogens is 593 g/mol. The number of para-hydroxylation sites is 1. The largest absolute Gasteiger partial charge is 0.352 e. The Balaban J connectivity index is 1.68. The van der Waals surface area contributed by atoms with E-state index in [9.17, 15) is 18.0 Å². The number of hydrogen-bond donors (Lipinski definition) is 1. The van der Waals surface area contributed by atoms with Crippen LogP contribution in [0.3, 0.4) is 0 Å². The summed E-state index contributed by atoms with van der Waals surface area (Å²) in [6.07, 6.45) is 3.85. The standard InChI is InChI=1S/C29H30Cl3N3O4S/c1-20(29(37)33-24-7-5-6-8-24)34(18-21-11-12-23(31)17-27(21)32)28(36)19-35(25-9-3-2-4-10-25)40(38,39)26-15-13-22(30)14-16-26/h2-4,9-17,20,24H,5-8,18-19H2,1H3,(H,33,37). The lowest BCUT2D eigenvalue weighted by Crippen LogP contribution is -2.52. The van der Waals surface area contributed by atoms with Crippen LogP contribution >= 0.6 is 34.8 Å². The van der Waals surface area contributed by atoms with Crippen molar-refractivity contribution in [3.05, 3.63) is 93.4 Å². The number of nitrogens with zero attached hydrogens (tertiary/aromatic N) is 2. The number of carbonyl (C=O) groups is 2. The zero-order valence-corrected chi connectivity index (χ0v) is 25.0. The molecule has 1 unspecified atom stereocenters. The summed E-state index contributed by atoms with van der Waals surface area (Å²) in [5.41, 5.74) is 0.880. The van der Waals surface area contributed by atoms with E-state index in [4.69, 9.17) is 34.8 Å². The number of sulfonamides is 1. The summed E-state index contributed by atoms with van der Waals surface area (Å²) in [4.78, 5) is 28.6. The number of amides is 2. The Morgan fingerprint density at radius 3 is 2.17 bits per heavy atom. The lowest BCUT2D eigenvalue weighted by atomic mass is 10.1.